The molecule has 1 aromatic heterocycles. The predicted molar refractivity (Wildman–Crippen MR) is 82.2 cm³/mol. The number of nitriles is 1. The highest BCUT2D eigenvalue weighted by Gasteiger charge is 2.46. The molecule has 2 amide bonds. The minimum Gasteiger partial charge on any atom is -0.345 e. The van der Waals surface area contributed by atoms with Crippen LogP contribution >= 0.6 is 0 Å². The number of urea groups is 1. The van der Waals surface area contributed by atoms with E-state index in [9.17, 15) is 4.79 Å². The van der Waals surface area contributed by atoms with Crippen molar-refractivity contribution in [2.75, 3.05) is 6.54 Å². The Balaban J connectivity index is 1.47. The maximum atomic E-state index is 12.7. The van der Waals surface area contributed by atoms with Gasteiger partial charge >= 0.3 is 6.03 Å². The first-order valence-corrected chi connectivity index (χ1v) is 7.89. The van der Waals surface area contributed by atoms with E-state index >= 15 is 0 Å². The van der Waals surface area contributed by atoms with Gasteiger partial charge in [0, 0.05) is 12.6 Å². The van der Waals surface area contributed by atoms with Gasteiger partial charge in [0.2, 0.25) is 5.76 Å². The zero-order valence-electron chi connectivity index (χ0n) is 13.0. The molecule has 2 bridgehead atoms. The third-order valence-electron chi connectivity index (χ3n) is 4.52. The van der Waals surface area contributed by atoms with E-state index in [4.69, 9.17) is 14.6 Å². The summed E-state index contributed by atoms with van der Waals surface area (Å²) in [5.41, 5.74) is 1.65. The van der Waals surface area contributed by atoms with E-state index in [1.165, 1.54) is 5.06 Å². The Kier molecular flexibility index (Phi) is 3.67. The van der Waals surface area contributed by atoms with Crippen LogP contribution in [0.15, 0.2) is 40.9 Å². The highest BCUT2D eigenvalue weighted by Crippen LogP contribution is 2.38. The molecular weight excluding hydrogens is 308 g/mol. The number of hydrogen-bond acceptors (Lipinski definition) is 5. The van der Waals surface area contributed by atoms with Gasteiger partial charge in [0.15, 0.2) is 0 Å². The summed E-state index contributed by atoms with van der Waals surface area (Å²) < 4.78 is 4.95. The molecule has 0 unspecified atom stereocenters. The highest BCUT2D eigenvalue weighted by atomic mass is 16.7. The van der Waals surface area contributed by atoms with E-state index in [-0.39, 0.29) is 23.9 Å². The quantitative estimate of drug-likeness (QED) is 0.863. The third-order valence-corrected chi connectivity index (χ3v) is 4.52. The monoisotopic (exact) mass is 324 g/mol. The average molecular weight is 324 g/mol. The van der Waals surface area contributed by atoms with Crippen LogP contribution in [0.2, 0.25) is 0 Å². The first-order chi connectivity index (χ1) is 11.8. The van der Waals surface area contributed by atoms with E-state index in [0.717, 1.165) is 18.4 Å². The van der Waals surface area contributed by atoms with Gasteiger partial charge in [-0.3, -0.25) is 4.84 Å². The van der Waals surface area contributed by atoms with Crippen LogP contribution in [0.5, 0.6) is 0 Å². The number of fused-ring (bicyclic) bond motifs is 2. The second kappa shape index (κ2) is 5.98. The van der Waals surface area contributed by atoms with Crippen LogP contribution in [0.1, 0.15) is 35.9 Å². The Labute approximate surface area is 139 Å². The van der Waals surface area contributed by atoms with Crippen molar-refractivity contribution in [3.63, 3.8) is 0 Å². The van der Waals surface area contributed by atoms with Crippen LogP contribution in [-0.2, 0) is 11.4 Å². The number of hydrogen-bond donors (Lipinski definition) is 0. The molecule has 4 rings (SSSR count). The number of hydroxylamine groups is 2. The summed E-state index contributed by atoms with van der Waals surface area (Å²) in [6.07, 6.45) is 1.61. The topological polar surface area (TPSA) is 82.6 Å². The molecule has 7 nitrogen and oxygen atoms in total. The number of carbonyl (C=O) groups excluding carboxylic acids is 1. The van der Waals surface area contributed by atoms with Gasteiger partial charge in [0.1, 0.15) is 18.4 Å². The number of amides is 2. The molecule has 7 heteroatoms. The third kappa shape index (κ3) is 2.51. The lowest BCUT2D eigenvalue weighted by Gasteiger charge is -2.28. The average Bonchev–Trinajstić information content (AvgIpc) is 3.19. The van der Waals surface area contributed by atoms with Gasteiger partial charge in [-0.1, -0.05) is 35.5 Å². The van der Waals surface area contributed by atoms with E-state index in [1.54, 1.807) is 11.0 Å². The van der Waals surface area contributed by atoms with Crippen molar-refractivity contribution >= 4 is 6.03 Å². The molecule has 2 atom stereocenters. The molecule has 0 spiro atoms. The Morgan fingerprint density at radius 2 is 2.17 bits per heavy atom. The fourth-order valence-electron chi connectivity index (χ4n) is 3.32. The van der Waals surface area contributed by atoms with Crippen molar-refractivity contribution in [2.45, 2.75) is 31.5 Å². The standard InChI is InChI=1S/C17H16N4O3/c18-9-14-8-15(19-24-14)16-7-6-13-10-20(16)17(22)21(13)23-11-12-4-2-1-3-5-12/h1-5,8,13,16H,6-7,10-11H2/t13-,16+/m1/s1. The van der Waals surface area contributed by atoms with Gasteiger partial charge in [-0.25, -0.2) is 4.79 Å². The summed E-state index contributed by atoms with van der Waals surface area (Å²) >= 11 is 0. The van der Waals surface area contributed by atoms with E-state index in [1.807, 2.05) is 36.4 Å². The van der Waals surface area contributed by atoms with Gasteiger partial charge in [-0.05, 0) is 18.4 Å². The maximum Gasteiger partial charge on any atom is 0.344 e. The van der Waals surface area contributed by atoms with Gasteiger partial charge in [0.05, 0.1) is 12.1 Å². The van der Waals surface area contributed by atoms with Crippen molar-refractivity contribution in [1.29, 1.82) is 5.26 Å². The first kappa shape index (κ1) is 14.7. The number of aromatic nitrogens is 1. The molecule has 122 valence electrons. The number of carbonyl (C=O) groups is 1. The number of rotatable bonds is 4. The smallest absolute Gasteiger partial charge is 0.344 e. The summed E-state index contributed by atoms with van der Waals surface area (Å²) in [4.78, 5) is 20.2. The summed E-state index contributed by atoms with van der Waals surface area (Å²) in [6.45, 7) is 0.969. The number of benzene rings is 1. The minimum absolute atomic E-state index is 0.0554. The fourth-order valence-corrected chi connectivity index (χ4v) is 3.32. The Bertz CT molecular complexity index is 783. The maximum absolute atomic E-state index is 12.7. The molecular formula is C17H16N4O3. The van der Waals surface area contributed by atoms with E-state index in [2.05, 4.69) is 5.16 Å². The van der Waals surface area contributed by atoms with Crippen molar-refractivity contribution < 1.29 is 14.2 Å². The van der Waals surface area contributed by atoms with Crippen LogP contribution in [0, 0.1) is 11.3 Å². The van der Waals surface area contributed by atoms with Crippen molar-refractivity contribution in [3.05, 3.63) is 53.4 Å². The Hall–Kier alpha value is -2.85. The van der Waals surface area contributed by atoms with Gasteiger partial charge in [0.25, 0.3) is 0 Å². The van der Waals surface area contributed by atoms with E-state index < -0.39 is 0 Å². The Morgan fingerprint density at radius 1 is 1.33 bits per heavy atom. The van der Waals surface area contributed by atoms with Gasteiger partial charge in [-0.15, -0.1) is 0 Å². The van der Waals surface area contributed by atoms with Crippen LogP contribution < -0.4 is 0 Å². The summed E-state index contributed by atoms with van der Waals surface area (Å²) in [6, 6.07) is 13.0. The lowest BCUT2D eigenvalue weighted by atomic mass is 9.98. The van der Waals surface area contributed by atoms with Crippen molar-refractivity contribution in [3.8, 4) is 6.07 Å². The fraction of sp³-hybridized carbons (Fsp3) is 0.353. The lowest BCUT2D eigenvalue weighted by molar-refractivity contribution is -0.140. The highest BCUT2D eigenvalue weighted by molar-refractivity contribution is 5.77. The zero-order chi connectivity index (χ0) is 16.5. The number of piperidine rings is 1. The molecule has 0 radical (unpaired) electrons. The predicted octanol–water partition coefficient (Wildman–Crippen LogP) is 2.62. The van der Waals surface area contributed by atoms with Crippen molar-refractivity contribution in [1.82, 2.24) is 15.1 Å². The summed E-state index contributed by atoms with van der Waals surface area (Å²) in [5.74, 6) is 0.163. The molecule has 2 aromatic rings. The van der Waals surface area contributed by atoms with Crippen LogP contribution in [0.4, 0.5) is 4.79 Å². The largest absolute Gasteiger partial charge is 0.345 e. The summed E-state index contributed by atoms with van der Waals surface area (Å²) in [7, 11) is 0. The molecule has 24 heavy (non-hydrogen) atoms. The summed E-state index contributed by atoms with van der Waals surface area (Å²) in [5, 5.41) is 14.3. The minimum atomic E-state index is -0.162. The van der Waals surface area contributed by atoms with Gasteiger partial charge in [-0.2, -0.15) is 10.3 Å². The molecule has 1 aromatic carbocycles. The molecule has 0 aliphatic carbocycles. The van der Waals surface area contributed by atoms with E-state index in [0.29, 0.717) is 18.8 Å². The molecule has 3 heterocycles. The second-order valence-electron chi connectivity index (χ2n) is 5.99. The molecule has 2 fully saturated rings. The lowest BCUT2D eigenvalue weighted by Crippen LogP contribution is -2.34. The molecule has 2 saturated heterocycles. The zero-order valence-corrected chi connectivity index (χ0v) is 13.0. The van der Waals surface area contributed by atoms with Crippen LogP contribution in [0.3, 0.4) is 0 Å². The van der Waals surface area contributed by atoms with Crippen molar-refractivity contribution in [2.24, 2.45) is 0 Å². The molecule has 2 aliphatic heterocycles. The Morgan fingerprint density at radius 3 is 2.92 bits per heavy atom. The number of nitrogens with zero attached hydrogens (tertiary/aromatic N) is 4. The van der Waals surface area contributed by atoms with Crippen LogP contribution in [0.25, 0.3) is 0 Å². The second-order valence-corrected chi connectivity index (χ2v) is 5.99. The molecule has 0 N–H and O–H groups in total. The van der Waals surface area contributed by atoms with Gasteiger partial charge < -0.3 is 9.42 Å². The normalized spacial score (nSPS) is 22.7. The SMILES string of the molecule is N#Cc1cc([C@@H]2CC[C@@H]3CN2C(=O)N3OCc2ccccc2)no1. The molecule has 2 aliphatic rings. The molecule has 0 saturated carbocycles. The first-order valence-electron chi connectivity index (χ1n) is 7.89. The van der Waals surface area contributed by atoms with Crippen LogP contribution in [-0.4, -0.2) is 33.7 Å².